The molecule has 178 valence electrons. The van der Waals surface area contributed by atoms with Crippen LogP contribution in [0, 0.1) is 13.8 Å². The fourth-order valence-electron chi connectivity index (χ4n) is 3.97. The highest BCUT2D eigenvalue weighted by Gasteiger charge is 2.38. The van der Waals surface area contributed by atoms with Crippen LogP contribution in [-0.2, 0) is 20.2 Å². The zero-order valence-electron chi connectivity index (χ0n) is 20.1. The van der Waals surface area contributed by atoms with Crippen LogP contribution in [0.1, 0.15) is 37.5 Å². The van der Waals surface area contributed by atoms with Gasteiger partial charge in [0.2, 0.25) is 0 Å². The maximum absolute atomic E-state index is 13.7. The molecule has 0 saturated carbocycles. The molecule has 0 aliphatic carbocycles. The molecule has 1 N–H and O–H groups in total. The van der Waals surface area contributed by atoms with Crippen molar-refractivity contribution in [2.24, 2.45) is 0 Å². The number of sulfonamides is 1. The van der Waals surface area contributed by atoms with Crippen LogP contribution in [-0.4, -0.2) is 27.0 Å². The fourth-order valence-corrected chi connectivity index (χ4v) is 5.46. The predicted octanol–water partition coefficient (Wildman–Crippen LogP) is 5.20. The van der Waals surface area contributed by atoms with Gasteiger partial charge in [0.15, 0.2) is 6.10 Å². The van der Waals surface area contributed by atoms with Crippen molar-refractivity contribution in [3.05, 3.63) is 83.4 Å². The highest BCUT2D eigenvalue weighted by atomic mass is 32.2. The molecule has 0 aromatic heterocycles. The maximum atomic E-state index is 13.7. The van der Waals surface area contributed by atoms with Crippen LogP contribution in [0.3, 0.4) is 0 Å². The summed E-state index contributed by atoms with van der Waals surface area (Å²) >= 11 is 0. The standard InChI is InChI=1S/C27H30N2O4S/c1-18-11-13-22(19(2)15-18)28-26(30)25-17-29(34(31,32)21-9-7-6-8-10-21)23-16-20(27(3,4)5)12-14-24(23)33-25/h6-16,25H,17H2,1-5H3,(H,28,30)/t25-/m0/s1. The summed E-state index contributed by atoms with van der Waals surface area (Å²) in [5, 5.41) is 2.90. The number of ether oxygens (including phenoxy) is 1. The predicted molar refractivity (Wildman–Crippen MR) is 135 cm³/mol. The van der Waals surface area contributed by atoms with Gasteiger partial charge in [0, 0.05) is 5.69 Å². The van der Waals surface area contributed by atoms with E-state index < -0.39 is 22.0 Å². The normalized spacial score (nSPS) is 15.9. The summed E-state index contributed by atoms with van der Waals surface area (Å²) in [6.07, 6.45) is -1.01. The number of amides is 1. The summed E-state index contributed by atoms with van der Waals surface area (Å²) in [5.74, 6) is -0.0368. The lowest BCUT2D eigenvalue weighted by Crippen LogP contribution is -2.49. The molecule has 6 nitrogen and oxygen atoms in total. The molecule has 7 heteroatoms. The van der Waals surface area contributed by atoms with Gasteiger partial charge in [-0.15, -0.1) is 0 Å². The number of benzene rings is 3. The number of anilines is 2. The summed E-state index contributed by atoms with van der Waals surface area (Å²) < 4.78 is 34.7. The van der Waals surface area contributed by atoms with Crippen LogP contribution >= 0.6 is 0 Å². The van der Waals surface area contributed by atoms with Gasteiger partial charge in [-0.3, -0.25) is 9.10 Å². The lowest BCUT2D eigenvalue weighted by molar-refractivity contribution is -0.122. The summed E-state index contributed by atoms with van der Waals surface area (Å²) in [6, 6.07) is 19.5. The lowest BCUT2D eigenvalue weighted by atomic mass is 9.86. The summed E-state index contributed by atoms with van der Waals surface area (Å²) in [4.78, 5) is 13.4. The van der Waals surface area contributed by atoms with Crippen LogP contribution in [0.2, 0.25) is 0 Å². The number of fused-ring (bicyclic) bond motifs is 1. The van der Waals surface area contributed by atoms with E-state index >= 15 is 0 Å². The number of hydrogen-bond donors (Lipinski definition) is 1. The highest BCUT2D eigenvalue weighted by molar-refractivity contribution is 7.92. The average molecular weight is 479 g/mol. The summed E-state index contributed by atoms with van der Waals surface area (Å²) in [7, 11) is -3.92. The van der Waals surface area contributed by atoms with Gasteiger partial charge < -0.3 is 10.1 Å². The Morgan fingerprint density at radius 2 is 1.71 bits per heavy atom. The van der Waals surface area contributed by atoms with E-state index in [1.54, 1.807) is 36.4 Å². The molecule has 3 aromatic carbocycles. The number of aryl methyl sites for hydroxylation is 2. The number of nitrogens with zero attached hydrogens (tertiary/aromatic N) is 1. The second-order valence-electron chi connectivity index (χ2n) is 9.70. The van der Waals surface area contributed by atoms with E-state index in [-0.39, 0.29) is 16.9 Å². The molecule has 0 radical (unpaired) electrons. The minimum atomic E-state index is -3.92. The first-order chi connectivity index (χ1) is 16.0. The first-order valence-corrected chi connectivity index (χ1v) is 12.7. The number of carbonyl (C=O) groups is 1. The van der Waals surface area contributed by atoms with Crippen LogP contribution < -0.4 is 14.4 Å². The van der Waals surface area contributed by atoms with E-state index in [0.717, 1.165) is 16.7 Å². The minimum Gasteiger partial charge on any atom is -0.476 e. The highest BCUT2D eigenvalue weighted by Crippen LogP contribution is 2.40. The van der Waals surface area contributed by atoms with E-state index in [1.807, 2.05) is 44.2 Å². The Balaban J connectivity index is 1.74. The van der Waals surface area contributed by atoms with E-state index in [4.69, 9.17) is 4.74 Å². The average Bonchev–Trinajstić information content (AvgIpc) is 2.79. The molecule has 1 aliphatic heterocycles. The molecule has 4 rings (SSSR count). The molecule has 1 heterocycles. The van der Waals surface area contributed by atoms with Crippen molar-refractivity contribution in [2.75, 3.05) is 16.2 Å². The fraction of sp³-hybridized carbons (Fsp3) is 0.296. The van der Waals surface area contributed by atoms with Crippen molar-refractivity contribution < 1.29 is 17.9 Å². The monoisotopic (exact) mass is 478 g/mol. The van der Waals surface area contributed by atoms with Crippen molar-refractivity contribution in [3.63, 3.8) is 0 Å². The largest absolute Gasteiger partial charge is 0.476 e. The van der Waals surface area contributed by atoms with E-state index in [1.165, 1.54) is 4.31 Å². The van der Waals surface area contributed by atoms with Crippen LogP contribution in [0.5, 0.6) is 5.75 Å². The van der Waals surface area contributed by atoms with Crippen LogP contribution in [0.4, 0.5) is 11.4 Å². The third-order valence-corrected chi connectivity index (χ3v) is 7.75. The Labute approximate surface area is 201 Å². The van der Waals surface area contributed by atoms with E-state index in [2.05, 4.69) is 26.1 Å². The topological polar surface area (TPSA) is 75.7 Å². The Morgan fingerprint density at radius 1 is 1.00 bits per heavy atom. The maximum Gasteiger partial charge on any atom is 0.267 e. The van der Waals surface area contributed by atoms with Gasteiger partial charge in [-0.1, -0.05) is 62.7 Å². The molecule has 0 spiro atoms. The quantitative estimate of drug-likeness (QED) is 0.560. The molecule has 0 fully saturated rings. The van der Waals surface area contributed by atoms with E-state index in [9.17, 15) is 13.2 Å². The Bertz CT molecular complexity index is 1330. The Kier molecular flexibility index (Phi) is 6.16. The van der Waals surface area contributed by atoms with Crippen molar-refractivity contribution in [2.45, 2.75) is 51.0 Å². The van der Waals surface area contributed by atoms with E-state index in [0.29, 0.717) is 17.1 Å². The van der Waals surface area contributed by atoms with Gasteiger partial charge in [-0.25, -0.2) is 8.42 Å². The number of nitrogens with one attached hydrogen (secondary N) is 1. The number of rotatable bonds is 4. The Morgan fingerprint density at radius 3 is 2.35 bits per heavy atom. The van der Waals surface area contributed by atoms with Gasteiger partial charge >= 0.3 is 0 Å². The van der Waals surface area contributed by atoms with Crippen molar-refractivity contribution in [3.8, 4) is 5.75 Å². The molecule has 1 aliphatic rings. The number of hydrogen-bond acceptors (Lipinski definition) is 4. The molecule has 34 heavy (non-hydrogen) atoms. The third-order valence-electron chi connectivity index (χ3n) is 5.96. The molecular weight excluding hydrogens is 448 g/mol. The molecule has 0 saturated heterocycles. The van der Waals surface area contributed by atoms with Gasteiger partial charge in [-0.2, -0.15) is 0 Å². The number of carbonyl (C=O) groups excluding carboxylic acids is 1. The lowest BCUT2D eigenvalue weighted by Gasteiger charge is -2.36. The molecule has 0 bridgehead atoms. The molecule has 1 atom stereocenters. The zero-order valence-corrected chi connectivity index (χ0v) is 20.9. The summed E-state index contributed by atoms with van der Waals surface area (Å²) in [5.41, 5.74) is 3.91. The van der Waals surface area contributed by atoms with Crippen molar-refractivity contribution in [1.29, 1.82) is 0 Å². The smallest absolute Gasteiger partial charge is 0.267 e. The molecule has 3 aromatic rings. The molecular formula is C27H30N2O4S. The van der Waals surface area contributed by atoms with Gasteiger partial charge in [0.25, 0.3) is 15.9 Å². The van der Waals surface area contributed by atoms with Crippen molar-refractivity contribution in [1.82, 2.24) is 0 Å². The van der Waals surface area contributed by atoms with Gasteiger partial charge in [0.05, 0.1) is 17.1 Å². The minimum absolute atomic E-state index is 0.130. The van der Waals surface area contributed by atoms with Crippen molar-refractivity contribution >= 4 is 27.3 Å². The van der Waals surface area contributed by atoms with Gasteiger partial charge in [-0.05, 0) is 60.7 Å². The van der Waals surface area contributed by atoms with Gasteiger partial charge in [0.1, 0.15) is 5.75 Å². The van der Waals surface area contributed by atoms with Crippen LogP contribution in [0.15, 0.2) is 71.6 Å². The second-order valence-corrected chi connectivity index (χ2v) is 11.6. The first kappa shape index (κ1) is 23.8. The zero-order chi connectivity index (χ0) is 24.7. The summed E-state index contributed by atoms with van der Waals surface area (Å²) in [6.45, 7) is 9.96. The molecule has 1 amide bonds. The third kappa shape index (κ3) is 4.66. The second kappa shape index (κ2) is 8.80. The SMILES string of the molecule is Cc1ccc(NC(=O)[C@@H]2CN(S(=O)(=O)c3ccccc3)c3cc(C(C)(C)C)ccc3O2)c(C)c1. The first-order valence-electron chi connectivity index (χ1n) is 11.2. The van der Waals surface area contributed by atoms with Crippen LogP contribution in [0.25, 0.3) is 0 Å². The molecule has 0 unspecified atom stereocenters. The Hall–Kier alpha value is -3.32.